The summed E-state index contributed by atoms with van der Waals surface area (Å²) in [6, 6.07) is 3.80. The van der Waals surface area contributed by atoms with E-state index in [-0.39, 0.29) is 36.1 Å². The number of furan rings is 1. The second-order valence-corrected chi connectivity index (χ2v) is 6.76. The fourth-order valence-electron chi connectivity index (χ4n) is 4.07. The Morgan fingerprint density at radius 3 is 2.65 bits per heavy atom. The van der Waals surface area contributed by atoms with Crippen molar-refractivity contribution in [3.8, 4) is 0 Å². The van der Waals surface area contributed by atoms with Gasteiger partial charge in [0.15, 0.2) is 5.76 Å². The summed E-state index contributed by atoms with van der Waals surface area (Å²) in [7, 11) is 0. The van der Waals surface area contributed by atoms with Gasteiger partial charge in [0.25, 0.3) is 5.91 Å². The zero-order chi connectivity index (χ0) is 16.2. The largest absolute Gasteiger partial charge is 0.459 e. The number of hydrogen-bond donors (Lipinski definition) is 3. The van der Waals surface area contributed by atoms with Crippen LogP contribution in [0.1, 0.15) is 49.1 Å². The van der Waals surface area contributed by atoms with Crippen molar-refractivity contribution in [2.75, 3.05) is 6.54 Å². The molecule has 3 rings (SSSR count). The molecule has 1 heterocycles. The highest BCUT2D eigenvalue weighted by atomic mass is 16.3. The van der Waals surface area contributed by atoms with E-state index in [9.17, 15) is 9.59 Å². The number of carbonyl (C=O) groups excluding carboxylic acids is 2. The summed E-state index contributed by atoms with van der Waals surface area (Å²) >= 11 is 0. The Morgan fingerprint density at radius 2 is 2.00 bits per heavy atom. The molecule has 126 valence electrons. The summed E-state index contributed by atoms with van der Waals surface area (Å²) in [5.41, 5.74) is 6.11. The van der Waals surface area contributed by atoms with Crippen molar-refractivity contribution < 1.29 is 14.0 Å². The molecule has 0 radical (unpaired) electrons. The van der Waals surface area contributed by atoms with Crippen LogP contribution in [0.3, 0.4) is 0 Å². The molecule has 0 spiro atoms. The summed E-state index contributed by atoms with van der Waals surface area (Å²) in [6.07, 6.45) is 7.32. The maximum atomic E-state index is 12.2. The van der Waals surface area contributed by atoms with Crippen molar-refractivity contribution in [1.82, 2.24) is 10.6 Å². The molecule has 2 bridgehead atoms. The number of nitrogens with two attached hydrogens (primary N) is 1. The van der Waals surface area contributed by atoms with Gasteiger partial charge in [0.05, 0.1) is 6.26 Å². The molecule has 2 unspecified atom stereocenters. The average Bonchev–Trinajstić information content (AvgIpc) is 3.02. The van der Waals surface area contributed by atoms with E-state index in [1.807, 2.05) is 0 Å². The molecule has 2 fully saturated rings. The summed E-state index contributed by atoms with van der Waals surface area (Å²) in [4.78, 5) is 23.9. The van der Waals surface area contributed by atoms with Crippen LogP contribution in [0.5, 0.6) is 0 Å². The predicted octanol–water partition coefficient (Wildman–Crippen LogP) is 1.42. The lowest BCUT2D eigenvalue weighted by Crippen LogP contribution is -2.54. The summed E-state index contributed by atoms with van der Waals surface area (Å²) < 4.78 is 5.01. The molecular formula is C17H25N3O3. The first kappa shape index (κ1) is 16.1. The average molecular weight is 319 g/mol. The van der Waals surface area contributed by atoms with Crippen LogP contribution >= 0.6 is 0 Å². The molecule has 1 aromatic rings. The first-order valence-corrected chi connectivity index (χ1v) is 8.50. The highest BCUT2D eigenvalue weighted by molar-refractivity contribution is 5.91. The molecule has 2 amide bonds. The van der Waals surface area contributed by atoms with E-state index >= 15 is 0 Å². The molecule has 2 saturated carbocycles. The van der Waals surface area contributed by atoms with Gasteiger partial charge < -0.3 is 20.8 Å². The number of carbonyl (C=O) groups is 2. The van der Waals surface area contributed by atoms with Gasteiger partial charge in [-0.25, -0.2) is 0 Å². The molecule has 0 aliphatic heterocycles. The Labute approximate surface area is 136 Å². The van der Waals surface area contributed by atoms with Gasteiger partial charge in [-0.1, -0.05) is 6.42 Å². The van der Waals surface area contributed by atoms with E-state index in [1.54, 1.807) is 12.1 Å². The zero-order valence-corrected chi connectivity index (χ0v) is 13.3. The normalized spacial score (nSPS) is 29.8. The molecule has 2 aliphatic rings. The van der Waals surface area contributed by atoms with E-state index < -0.39 is 0 Å². The minimum Gasteiger partial charge on any atom is -0.459 e. The predicted molar refractivity (Wildman–Crippen MR) is 85.6 cm³/mol. The molecule has 6 heteroatoms. The van der Waals surface area contributed by atoms with E-state index in [2.05, 4.69) is 10.6 Å². The lowest BCUT2D eigenvalue weighted by molar-refractivity contribution is -0.123. The second kappa shape index (κ2) is 7.17. The number of hydrogen-bond acceptors (Lipinski definition) is 4. The van der Waals surface area contributed by atoms with E-state index in [1.165, 1.54) is 12.7 Å². The molecule has 2 aliphatic carbocycles. The van der Waals surface area contributed by atoms with Crippen LogP contribution in [0.2, 0.25) is 0 Å². The van der Waals surface area contributed by atoms with Crippen molar-refractivity contribution in [3.63, 3.8) is 0 Å². The topological polar surface area (TPSA) is 97.4 Å². The van der Waals surface area contributed by atoms with Crippen molar-refractivity contribution in [3.05, 3.63) is 24.2 Å². The lowest BCUT2D eigenvalue weighted by atomic mass is 9.67. The van der Waals surface area contributed by atoms with Crippen LogP contribution in [0, 0.1) is 11.8 Å². The standard InChI is InChI=1S/C17H25N3O3/c18-13-9-11-3-1-4-12(10-13)16(11)20-15(21)6-7-19-17(22)14-5-2-8-23-14/h2,5,8,11-13,16H,1,3-4,6-7,9-10,18H2,(H,19,22)(H,20,21). The fourth-order valence-corrected chi connectivity index (χ4v) is 4.07. The SMILES string of the molecule is NC1CC2CCCC(C1)C2NC(=O)CCNC(=O)c1ccco1. The van der Waals surface area contributed by atoms with E-state index in [0.717, 1.165) is 25.7 Å². The number of rotatable bonds is 5. The minimum absolute atomic E-state index is 0.00196. The Balaban J connectivity index is 1.43. The Bertz CT molecular complexity index is 529. The monoisotopic (exact) mass is 319 g/mol. The van der Waals surface area contributed by atoms with Crippen LogP contribution in [0.15, 0.2) is 22.8 Å². The Hall–Kier alpha value is -1.82. The molecule has 2 atom stereocenters. The van der Waals surface area contributed by atoms with Gasteiger partial charge >= 0.3 is 0 Å². The molecule has 23 heavy (non-hydrogen) atoms. The van der Waals surface area contributed by atoms with Gasteiger partial charge in [-0.2, -0.15) is 0 Å². The van der Waals surface area contributed by atoms with Crippen molar-refractivity contribution in [2.45, 2.75) is 50.6 Å². The Kier molecular flexibility index (Phi) is 5.00. The first-order chi connectivity index (χ1) is 11.1. The van der Waals surface area contributed by atoms with Gasteiger partial charge in [-0.3, -0.25) is 9.59 Å². The van der Waals surface area contributed by atoms with Crippen LogP contribution in [0.25, 0.3) is 0 Å². The lowest BCUT2D eigenvalue weighted by Gasteiger charge is -2.45. The first-order valence-electron chi connectivity index (χ1n) is 8.50. The van der Waals surface area contributed by atoms with Crippen LogP contribution < -0.4 is 16.4 Å². The number of nitrogens with one attached hydrogen (secondary N) is 2. The Morgan fingerprint density at radius 1 is 1.26 bits per heavy atom. The van der Waals surface area contributed by atoms with Gasteiger partial charge in [-0.15, -0.1) is 0 Å². The maximum Gasteiger partial charge on any atom is 0.286 e. The third-order valence-corrected chi connectivity index (χ3v) is 5.09. The van der Waals surface area contributed by atoms with Gasteiger partial charge in [0.1, 0.15) is 0 Å². The van der Waals surface area contributed by atoms with Crippen molar-refractivity contribution in [2.24, 2.45) is 17.6 Å². The van der Waals surface area contributed by atoms with Gasteiger partial charge in [-0.05, 0) is 49.7 Å². The third kappa shape index (κ3) is 3.93. The molecule has 0 saturated heterocycles. The third-order valence-electron chi connectivity index (χ3n) is 5.09. The minimum atomic E-state index is -0.289. The molecule has 6 nitrogen and oxygen atoms in total. The van der Waals surface area contributed by atoms with Gasteiger partial charge in [0.2, 0.25) is 5.91 Å². The number of fused-ring (bicyclic) bond motifs is 2. The van der Waals surface area contributed by atoms with Crippen molar-refractivity contribution in [1.29, 1.82) is 0 Å². The molecule has 1 aromatic heterocycles. The zero-order valence-electron chi connectivity index (χ0n) is 13.3. The van der Waals surface area contributed by atoms with Crippen LogP contribution in [-0.4, -0.2) is 30.4 Å². The molecule has 0 aromatic carbocycles. The second-order valence-electron chi connectivity index (χ2n) is 6.76. The van der Waals surface area contributed by atoms with Crippen molar-refractivity contribution >= 4 is 11.8 Å². The maximum absolute atomic E-state index is 12.2. The fraction of sp³-hybridized carbons (Fsp3) is 0.647. The summed E-state index contributed by atoms with van der Waals surface area (Å²) in [5.74, 6) is 1.00. The molecule has 4 N–H and O–H groups in total. The highest BCUT2D eigenvalue weighted by Crippen LogP contribution is 2.39. The molecular weight excluding hydrogens is 294 g/mol. The van der Waals surface area contributed by atoms with E-state index in [4.69, 9.17) is 10.2 Å². The summed E-state index contributed by atoms with van der Waals surface area (Å²) in [6.45, 7) is 0.312. The van der Waals surface area contributed by atoms with Crippen LogP contribution in [-0.2, 0) is 4.79 Å². The van der Waals surface area contributed by atoms with E-state index in [0.29, 0.717) is 18.4 Å². The summed E-state index contributed by atoms with van der Waals surface area (Å²) in [5, 5.41) is 5.88. The highest BCUT2D eigenvalue weighted by Gasteiger charge is 2.39. The van der Waals surface area contributed by atoms with Crippen LogP contribution in [0.4, 0.5) is 0 Å². The number of amides is 2. The quantitative estimate of drug-likeness (QED) is 0.764. The van der Waals surface area contributed by atoms with Gasteiger partial charge in [0, 0.05) is 25.0 Å². The smallest absolute Gasteiger partial charge is 0.286 e.